The number of aliphatic carboxylic acids is 1. The molecule has 0 radical (unpaired) electrons. The summed E-state index contributed by atoms with van der Waals surface area (Å²) in [6.45, 7) is 0. The average Bonchev–Trinajstić information content (AvgIpc) is 3.24. The molecule has 1 atom stereocenters. The van der Waals surface area contributed by atoms with Crippen LogP contribution in [0, 0.1) is 23.1 Å². The Hall–Kier alpha value is -3.92. The van der Waals surface area contributed by atoms with Crippen molar-refractivity contribution >= 4 is 40.5 Å². The number of allylic oxidation sites excluding steroid dienone is 1. The van der Waals surface area contributed by atoms with Crippen LogP contribution in [0.1, 0.15) is 53.1 Å². The van der Waals surface area contributed by atoms with Crippen LogP contribution in [-0.2, 0) is 4.79 Å². The van der Waals surface area contributed by atoms with E-state index < -0.39 is 12.0 Å². The number of hydrogen-bond donors (Lipinski definition) is 3. The maximum Gasteiger partial charge on any atom is 0.328 e. The summed E-state index contributed by atoms with van der Waals surface area (Å²) in [5.74, 6) is -1.14. The molecule has 1 aliphatic carbocycles. The van der Waals surface area contributed by atoms with Gasteiger partial charge in [-0.2, -0.15) is 5.26 Å². The lowest BCUT2D eigenvalue weighted by Crippen LogP contribution is -2.17. The largest absolute Gasteiger partial charge is 0.478 e. The second kappa shape index (κ2) is 9.98. The summed E-state index contributed by atoms with van der Waals surface area (Å²) in [6.07, 6.45) is 5.76. The number of nitrogens with zero attached hydrogens (tertiary/aromatic N) is 1. The first-order chi connectivity index (χ1) is 17.4. The minimum Gasteiger partial charge on any atom is -0.478 e. The molecule has 1 fully saturated rings. The molecule has 0 bridgehead atoms. The van der Waals surface area contributed by atoms with Crippen molar-refractivity contribution in [1.29, 1.82) is 5.26 Å². The average molecular weight is 500 g/mol. The highest BCUT2D eigenvalue weighted by molar-refractivity contribution is 6.32. The fourth-order valence-electron chi connectivity index (χ4n) is 4.77. The third kappa shape index (κ3) is 4.64. The molecule has 0 spiro atoms. The van der Waals surface area contributed by atoms with Crippen LogP contribution < -0.4 is 10.9 Å². The zero-order valence-electron chi connectivity index (χ0n) is 19.3. The number of anilines is 1. The lowest BCUT2D eigenvalue weighted by atomic mass is 9.73. The van der Waals surface area contributed by atoms with E-state index in [4.69, 9.17) is 16.7 Å². The van der Waals surface area contributed by atoms with Gasteiger partial charge < -0.3 is 10.5 Å². The molecule has 0 aromatic heterocycles. The number of halogens is 2. The molecular weight excluding hydrogens is 477 g/mol. The minimum absolute atomic E-state index is 0.255. The fraction of sp³-hybridized carbons (Fsp3) is 0.172. The SMILES string of the molecule is N#CC1NNc2ccc(/C(=C(/c3ccc(F)cc3Cl)C3CCC3)c3ccc(/C=C/C(=O)O)cc3)cc21. The van der Waals surface area contributed by atoms with E-state index in [0.29, 0.717) is 5.02 Å². The first-order valence-corrected chi connectivity index (χ1v) is 12.1. The second-order valence-electron chi connectivity index (χ2n) is 8.97. The van der Waals surface area contributed by atoms with Crippen molar-refractivity contribution in [3.63, 3.8) is 0 Å². The Morgan fingerprint density at radius 1 is 1.08 bits per heavy atom. The van der Waals surface area contributed by atoms with Crippen molar-refractivity contribution in [3.05, 3.63) is 105 Å². The quantitative estimate of drug-likeness (QED) is 0.255. The Morgan fingerprint density at radius 3 is 2.47 bits per heavy atom. The number of hydrazine groups is 1. The lowest BCUT2D eigenvalue weighted by Gasteiger charge is -2.32. The standard InChI is InChI=1S/C29H23ClFN3O2/c30-24-15-21(31)10-11-22(24)29(18-2-1-3-18)28(19-7-4-17(5-8-19)6-13-27(35)36)20-9-12-25-23(14-20)26(16-32)34-33-25/h4-15,18,26,33-34H,1-3H2,(H,35,36)/b13-6+,29-28+. The van der Waals surface area contributed by atoms with Crippen LogP contribution in [0.15, 0.2) is 66.7 Å². The van der Waals surface area contributed by atoms with Crippen molar-refractivity contribution in [2.45, 2.75) is 25.3 Å². The minimum atomic E-state index is -1.01. The van der Waals surface area contributed by atoms with Gasteiger partial charge in [-0.1, -0.05) is 54.4 Å². The van der Waals surface area contributed by atoms with E-state index in [1.807, 2.05) is 42.5 Å². The Balaban J connectivity index is 1.74. The van der Waals surface area contributed by atoms with Gasteiger partial charge in [0.15, 0.2) is 0 Å². The van der Waals surface area contributed by atoms with Gasteiger partial charge in [0.2, 0.25) is 0 Å². The maximum atomic E-state index is 14.0. The van der Waals surface area contributed by atoms with Crippen molar-refractivity contribution < 1.29 is 14.3 Å². The van der Waals surface area contributed by atoms with Gasteiger partial charge in [0.25, 0.3) is 0 Å². The van der Waals surface area contributed by atoms with Crippen molar-refractivity contribution in [2.75, 3.05) is 5.43 Å². The van der Waals surface area contributed by atoms with Gasteiger partial charge in [0, 0.05) is 11.6 Å². The topological polar surface area (TPSA) is 85.2 Å². The smallest absolute Gasteiger partial charge is 0.328 e. The van der Waals surface area contributed by atoms with Crippen LogP contribution in [-0.4, -0.2) is 11.1 Å². The molecule has 1 heterocycles. The highest BCUT2D eigenvalue weighted by atomic mass is 35.5. The molecule has 0 amide bonds. The van der Waals surface area contributed by atoms with E-state index >= 15 is 0 Å². The van der Waals surface area contributed by atoms with E-state index in [1.54, 1.807) is 12.1 Å². The molecule has 1 aliphatic heterocycles. The van der Waals surface area contributed by atoms with Crippen LogP contribution in [0.5, 0.6) is 0 Å². The number of carboxylic acids is 1. The van der Waals surface area contributed by atoms with E-state index in [0.717, 1.165) is 70.0 Å². The number of benzene rings is 3. The zero-order valence-corrected chi connectivity index (χ0v) is 20.0. The van der Waals surface area contributed by atoms with Gasteiger partial charge in [-0.15, -0.1) is 0 Å². The van der Waals surface area contributed by atoms with Crippen LogP contribution in [0.3, 0.4) is 0 Å². The van der Waals surface area contributed by atoms with Gasteiger partial charge in [0.1, 0.15) is 11.9 Å². The molecule has 3 N–H and O–H groups in total. The van der Waals surface area contributed by atoms with Gasteiger partial charge in [-0.25, -0.2) is 14.6 Å². The Bertz CT molecular complexity index is 1440. The Morgan fingerprint density at radius 2 is 1.83 bits per heavy atom. The van der Waals surface area contributed by atoms with Crippen LogP contribution in [0.2, 0.25) is 5.02 Å². The number of carboxylic acid groups (broad SMARTS) is 1. The predicted octanol–water partition coefficient (Wildman–Crippen LogP) is 6.83. The summed E-state index contributed by atoms with van der Waals surface area (Å²) < 4.78 is 14.0. The maximum absolute atomic E-state index is 14.0. The highest BCUT2D eigenvalue weighted by Crippen LogP contribution is 2.47. The van der Waals surface area contributed by atoms with E-state index in [-0.39, 0.29) is 11.7 Å². The summed E-state index contributed by atoms with van der Waals surface area (Å²) >= 11 is 6.60. The van der Waals surface area contributed by atoms with Crippen LogP contribution in [0.4, 0.5) is 10.1 Å². The number of nitriles is 1. The number of nitrogens with one attached hydrogen (secondary N) is 2. The first-order valence-electron chi connectivity index (χ1n) is 11.7. The molecule has 3 aromatic rings. The molecule has 36 heavy (non-hydrogen) atoms. The monoisotopic (exact) mass is 499 g/mol. The summed E-state index contributed by atoms with van der Waals surface area (Å²) in [5, 5.41) is 18.9. The number of rotatable bonds is 6. The fourth-order valence-corrected chi connectivity index (χ4v) is 5.04. The molecule has 180 valence electrons. The number of hydrogen-bond acceptors (Lipinski definition) is 4. The van der Waals surface area contributed by atoms with Crippen molar-refractivity contribution in [2.24, 2.45) is 5.92 Å². The van der Waals surface area contributed by atoms with Gasteiger partial charge >= 0.3 is 5.97 Å². The van der Waals surface area contributed by atoms with Crippen LogP contribution in [0.25, 0.3) is 17.2 Å². The van der Waals surface area contributed by atoms with Crippen molar-refractivity contribution in [1.82, 2.24) is 5.43 Å². The lowest BCUT2D eigenvalue weighted by molar-refractivity contribution is -0.131. The molecule has 2 aliphatic rings. The molecule has 1 saturated carbocycles. The predicted molar refractivity (Wildman–Crippen MR) is 139 cm³/mol. The Kier molecular flexibility index (Phi) is 6.60. The van der Waals surface area contributed by atoms with Gasteiger partial charge in [0.05, 0.1) is 16.8 Å². The summed E-state index contributed by atoms with van der Waals surface area (Å²) in [5.41, 5.74) is 13.2. The highest BCUT2D eigenvalue weighted by Gasteiger charge is 2.30. The molecule has 7 heteroatoms. The van der Waals surface area contributed by atoms with Crippen LogP contribution >= 0.6 is 11.6 Å². The first kappa shape index (κ1) is 23.8. The van der Waals surface area contributed by atoms with Gasteiger partial charge in [-0.05, 0) is 82.5 Å². The zero-order chi connectivity index (χ0) is 25.2. The Labute approximate surface area is 213 Å². The summed E-state index contributed by atoms with van der Waals surface area (Å²) in [7, 11) is 0. The number of carbonyl (C=O) groups is 1. The summed E-state index contributed by atoms with van der Waals surface area (Å²) in [4.78, 5) is 10.9. The molecule has 0 saturated heterocycles. The molecule has 1 unspecified atom stereocenters. The van der Waals surface area contributed by atoms with Gasteiger partial charge in [-0.3, -0.25) is 0 Å². The molecular formula is C29H23ClFN3O2. The number of fused-ring (bicyclic) bond motifs is 1. The second-order valence-corrected chi connectivity index (χ2v) is 9.37. The van der Waals surface area contributed by atoms with E-state index in [1.165, 1.54) is 12.1 Å². The summed E-state index contributed by atoms with van der Waals surface area (Å²) in [6, 6.07) is 19.9. The molecule has 5 rings (SSSR count). The third-order valence-corrected chi connectivity index (χ3v) is 7.07. The molecule has 3 aromatic carbocycles. The van der Waals surface area contributed by atoms with E-state index in [2.05, 4.69) is 16.9 Å². The molecule has 5 nitrogen and oxygen atoms in total. The van der Waals surface area contributed by atoms with E-state index in [9.17, 15) is 14.4 Å². The third-order valence-electron chi connectivity index (χ3n) is 6.75. The van der Waals surface area contributed by atoms with Crippen molar-refractivity contribution in [3.8, 4) is 6.07 Å². The normalized spacial score (nSPS) is 17.6.